The number of nitrogens with zero attached hydrogens (tertiary/aromatic N) is 2. The van der Waals surface area contributed by atoms with Crippen molar-refractivity contribution in [3.63, 3.8) is 0 Å². The molecule has 1 heterocycles. The van der Waals surface area contributed by atoms with Gasteiger partial charge >= 0.3 is 11.9 Å². The van der Waals surface area contributed by atoms with Crippen LogP contribution in [0.15, 0.2) is 78.9 Å². The van der Waals surface area contributed by atoms with Crippen LogP contribution in [-0.2, 0) is 16.1 Å². The molecule has 0 saturated carbocycles. The zero-order valence-electron chi connectivity index (χ0n) is 19.1. The summed E-state index contributed by atoms with van der Waals surface area (Å²) in [5, 5.41) is 4.60. The Balaban J connectivity index is 1.73. The number of hydrogen-bond acceptors (Lipinski definition) is 6. The van der Waals surface area contributed by atoms with Gasteiger partial charge in [0.2, 0.25) is 0 Å². The Kier molecular flexibility index (Phi) is 6.73. The Labute approximate surface area is 197 Å². The standard InChI is InChI=1S/C27H24N2O5/c1-18-9-7-8-10-20(18)17-34-22-15-13-19(14-16-22)24-23(26(30)32-2)25(27(31)33-3)29(28-24)21-11-5-4-6-12-21/h4-16H,17H2,1-3H3. The van der Waals surface area contributed by atoms with Crippen molar-refractivity contribution in [2.45, 2.75) is 13.5 Å². The van der Waals surface area contributed by atoms with Crippen molar-refractivity contribution in [1.82, 2.24) is 9.78 Å². The van der Waals surface area contributed by atoms with Gasteiger partial charge in [0, 0.05) is 5.56 Å². The molecule has 7 heteroatoms. The molecule has 7 nitrogen and oxygen atoms in total. The third-order valence-electron chi connectivity index (χ3n) is 5.44. The fourth-order valence-corrected chi connectivity index (χ4v) is 3.60. The summed E-state index contributed by atoms with van der Waals surface area (Å²) in [7, 11) is 2.52. The minimum Gasteiger partial charge on any atom is -0.489 e. The lowest BCUT2D eigenvalue weighted by Crippen LogP contribution is -2.15. The maximum atomic E-state index is 12.7. The van der Waals surface area contributed by atoms with E-state index in [1.54, 1.807) is 36.4 Å². The molecule has 0 N–H and O–H groups in total. The Hall–Kier alpha value is -4.39. The number of aromatic nitrogens is 2. The maximum Gasteiger partial charge on any atom is 0.357 e. The van der Waals surface area contributed by atoms with Crippen LogP contribution in [0.25, 0.3) is 16.9 Å². The molecule has 4 rings (SSSR count). The normalized spacial score (nSPS) is 10.6. The Bertz CT molecular complexity index is 1310. The molecular weight excluding hydrogens is 432 g/mol. The SMILES string of the molecule is COC(=O)c1c(-c2ccc(OCc3ccccc3C)cc2)nn(-c2ccccc2)c1C(=O)OC. The van der Waals surface area contributed by atoms with E-state index < -0.39 is 11.9 Å². The quantitative estimate of drug-likeness (QED) is 0.364. The number of para-hydroxylation sites is 1. The molecule has 34 heavy (non-hydrogen) atoms. The van der Waals surface area contributed by atoms with Crippen LogP contribution < -0.4 is 4.74 Å². The third kappa shape index (κ3) is 4.54. The zero-order chi connectivity index (χ0) is 24.1. The first-order valence-electron chi connectivity index (χ1n) is 10.7. The highest BCUT2D eigenvalue weighted by Gasteiger charge is 2.31. The first-order chi connectivity index (χ1) is 16.5. The van der Waals surface area contributed by atoms with E-state index in [1.165, 1.54) is 18.9 Å². The second-order valence-electron chi connectivity index (χ2n) is 7.54. The topological polar surface area (TPSA) is 79.7 Å². The summed E-state index contributed by atoms with van der Waals surface area (Å²) in [5.41, 5.74) is 3.83. The van der Waals surface area contributed by atoms with E-state index in [-0.39, 0.29) is 11.3 Å². The molecule has 0 spiro atoms. The van der Waals surface area contributed by atoms with Crippen LogP contribution in [0, 0.1) is 6.92 Å². The molecule has 172 valence electrons. The number of rotatable bonds is 7. The molecule has 0 aliphatic carbocycles. The number of carbonyl (C=O) groups excluding carboxylic acids is 2. The fourth-order valence-electron chi connectivity index (χ4n) is 3.60. The Morgan fingerprint density at radius 3 is 2.12 bits per heavy atom. The molecular formula is C27H24N2O5. The van der Waals surface area contributed by atoms with Crippen molar-refractivity contribution in [1.29, 1.82) is 0 Å². The van der Waals surface area contributed by atoms with Gasteiger partial charge in [-0.25, -0.2) is 14.3 Å². The first-order valence-corrected chi connectivity index (χ1v) is 10.7. The van der Waals surface area contributed by atoms with Crippen LogP contribution >= 0.6 is 0 Å². The molecule has 0 saturated heterocycles. The Morgan fingerprint density at radius 1 is 0.824 bits per heavy atom. The van der Waals surface area contributed by atoms with E-state index >= 15 is 0 Å². The van der Waals surface area contributed by atoms with Gasteiger partial charge in [-0.1, -0.05) is 42.5 Å². The highest BCUT2D eigenvalue weighted by molar-refractivity contribution is 6.06. The minimum absolute atomic E-state index is 0.00423. The van der Waals surface area contributed by atoms with Gasteiger partial charge in [0.25, 0.3) is 0 Å². The predicted molar refractivity (Wildman–Crippen MR) is 127 cm³/mol. The largest absolute Gasteiger partial charge is 0.489 e. The molecule has 3 aromatic carbocycles. The molecule has 0 fully saturated rings. The molecule has 0 unspecified atom stereocenters. The molecule has 1 aromatic heterocycles. The average molecular weight is 456 g/mol. The maximum absolute atomic E-state index is 12.7. The van der Waals surface area contributed by atoms with Gasteiger partial charge in [0.1, 0.15) is 23.6 Å². The van der Waals surface area contributed by atoms with Gasteiger partial charge in [0.05, 0.1) is 19.9 Å². The summed E-state index contributed by atoms with van der Waals surface area (Å²) in [4.78, 5) is 25.4. The van der Waals surface area contributed by atoms with Gasteiger partial charge in [-0.2, -0.15) is 5.10 Å². The second kappa shape index (κ2) is 10.0. The number of carbonyl (C=O) groups is 2. The van der Waals surface area contributed by atoms with Crippen LogP contribution in [0.1, 0.15) is 32.0 Å². The van der Waals surface area contributed by atoms with Gasteiger partial charge < -0.3 is 14.2 Å². The molecule has 0 atom stereocenters. The van der Waals surface area contributed by atoms with Crippen molar-refractivity contribution < 1.29 is 23.8 Å². The summed E-state index contributed by atoms with van der Waals surface area (Å²) in [5.74, 6) is -0.707. The predicted octanol–water partition coefficient (Wildman–Crippen LogP) is 5.00. The molecule has 0 bridgehead atoms. The summed E-state index contributed by atoms with van der Waals surface area (Å²) in [6.45, 7) is 2.48. The van der Waals surface area contributed by atoms with Gasteiger partial charge in [-0.3, -0.25) is 0 Å². The highest BCUT2D eigenvalue weighted by atomic mass is 16.5. The Morgan fingerprint density at radius 2 is 1.47 bits per heavy atom. The second-order valence-corrected chi connectivity index (χ2v) is 7.54. The zero-order valence-corrected chi connectivity index (χ0v) is 19.1. The van der Waals surface area contributed by atoms with E-state index in [4.69, 9.17) is 14.2 Å². The molecule has 0 aliphatic heterocycles. The van der Waals surface area contributed by atoms with E-state index in [9.17, 15) is 9.59 Å². The van der Waals surface area contributed by atoms with Gasteiger partial charge in [0.15, 0.2) is 5.69 Å². The van der Waals surface area contributed by atoms with Crippen molar-refractivity contribution in [2.75, 3.05) is 14.2 Å². The number of methoxy groups -OCH3 is 2. The van der Waals surface area contributed by atoms with Crippen molar-refractivity contribution >= 4 is 11.9 Å². The monoisotopic (exact) mass is 456 g/mol. The number of esters is 2. The average Bonchev–Trinajstić information content (AvgIpc) is 3.29. The lowest BCUT2D eigenvalue weighted by Gasteiger charge is -2.09. The summed E-state index contributed by atoms with van der Waals surface area (Å²) >= 11 is 0. The van der Waals surface area contributed by atoms with Crippen LogP contribution in [-0.4, -0.2) is 35.9 Å². The molecule has 0 radical (unpaired) electrons. The smallest absolute Gasteiger partial charge is 0.357 e. The molecule has 4 aromatic rings. The van der Waals surface area contributed by atoms with Crippen molar-refractivity contribution in [3.8, 4) is 22.7 Å². The van der Waals surface area contributed by atoms with E-state index in [1.807, 2.05) is 49.4 Å². The molecule has 0 aliphatic rings. The summed E-state index contributed by atoms with van der Waals surface area (Å²) in [6, 6.07) is 24.3. The summed E-state index contributed by atoms with van der Waals surface area (Å²) < 4.78 is 17.3. The van der Waals surface area contributed by atoms with Crippen LogP contribution in [0.5, 0.6) is 5.75 Å². The summed E-state index contributed by atoms with van der Waals surface area (Å²) in [6.07, 6.45) is 0. The third-order valence-corrected chi connectivity index (χ3v) is 5.44. The number of aryl methyl sites for hydroxylation is 1. The van der Waals surface area contributed by atoms with Gasteiger partial charge in [-0.05, 0) is 54.4 Å². The number of hydrogen-bond donors (Lipinski definition) is 0. The lowest BCUT2D eigenvalue weighted by atomic mass is 10.1. The number of benzene rings is 3. The molecule has 0 amide bonds. The van der Waals surface area contributed by atoms with Gasteiger partial charge in [-0.15, -0.1) is 0 Å². The van der Waals surface area contributed by atoms with Crippen LogP contribution in [0.3, 0.4) is 0 Å². The highest BCUT2D eigenvalue weighted by Crippen LogP contribution is 2.30. The number of ether oxygens (including phenoxy) is 3. The fraction of sp³-hybridized carbons (Fsp3) is 0.148. The van der Waals surface area contributed by atoms with E-state index in [2.05, 4.69) is 5.10 Å². The van der Waals surface area contributed by atoms with Crippen LogP contribution in [0.2, 0.25) is 0 Å². The minimum atomic E-state index is -0.693. The van der Waals surface area contributed by atoms with E-state index in [0.717, 1.165) is 11.1 Å². The van der Waals surface area contributed by atoms with E-state index in [0.29, 0.717) is 29.3 Å². The van der Waals surface area contributed by atoms with Crippen molar-refractivity contribution in [2.24, 2.45) is 0 Å². The first kappa shape index (κ1) is 22.8. The van der Waals surface area contributed by atoms with Crippen LogP contribution in [0.4, 0.5) is 0 Å². The lowest BCUT2D eigenvalue weighted by molar-refractivity contribution is 0.0549. The van der Waals surface area contributed by atoms with Crippen molar-refractivity contribution in [3.05, 3.63) is 101 Å².